The van der Waals surface area contributed by atoms with Crippen LogP contribution in [0.2, 0.25) is 0 Å². The fraction of sp³-hybridized carbons (Fsp3) is 0.167. The summed E-state index contributed by atoms with van der Waals surface area (Å²) in [5.74, 6) is -0.173. The molecule has 0 unspecified atom stereocenters. The summed E-state index contributed by atoms with van der Waals surface area (Å²) in [5, 5.41) is 10.3. The van der Waals surface area contributed by atoms with Crippen molar-refractivity contribution in [3.63, 3.8) is 0 Å². The molecule has 0 radical (unpaired) electrons. The van der Waals surface area contributed by atoms with Crippen molar-refractivity contribution >= 4 is 23.7 Å². The first-order valence-corrected chi connectivity index (χ1v) is 8.84. The molecule has 2 aromatic carbocycles. The third-order valence-corrected chi connectivity index (χ3v) is 4.25. The van der Waals surface area contributed by atoms with E-state index < -0.39 is 0 Å². The van der Waals surface area contributed by atoms with E-state index in [2.05, 4.69) is 15.5 Å². The Balaban J connectivity index is 1.56. The third-order valence-electron chi connectivity index (χ3n) is 3.51. The van der Waals surface area contributed by atoms with Crippen molar-refractivity contribution in [3.8, 4) is 0 Å². The van der Waals surface area contributed by atoms with Gasteiger partial charge in [0.25, 0.3) is 0 Å². The van der Waals surface area contributed by atoms with Crippen molar-refractivity contribution in [1.82, 2.24) is 10.2 Å². The Kier molecular flexibility index (Phi) is 5.45. The predicted molar refractivity (Wildman–Crippen MR) is 94.1 cm³/mol. The van der Waals surface area contributed by atoms with Gasteiger partial charge in [0.05, 0.1) is 12.8 Å². The number of halogens is 1. The van der Waals surface area contributed by atoms with Crippen LogP contribution in [0.25, 0.3) is 0 Å². The average molecular weight is 357 g/mol. The molecule has 5 nitrogen and oxygen atoms in total. The molecule has 1 heterocycles. The van der Waals surface area contributed by atoms with Gasteiger partial charge < -0.3 is 4.42 Å². The Morgan fingerprint density at radius 2 is 1.76 bits per heavy atom. The number of hydrogen-bond acceptors (Lipinski definition) is 5. The number of carbonyl (C=O) groups excluding carboxylic acids is 1. The number of anilines is 1. The summed E-state index contributed by atoms with van der Waals surface area (Å²) in [7, 11) is 0. The SMILES string of the molecule is CSc1ccc(CC(=O)Nc2nnc(Cc3ccc(F)cc3)o2)cc1. The number of rotatable bonds is 6. The molecule has 0 aliphatic carbocycles. The largest absolute Gasteiger partial charge is 0.407 e. The zero-order chi connectivity index (χ0) is 17.6. The first-order valence-electron chi connectivity index (χ1n) is 7.62. The Morgan fingerprint density at radius 3 is 2.44 bits per heavy atom. The van der Waals surface area contributed by atoms with E-state index in [1.807, 2.05) is 30.5 Å². The van der Waals surface area contributed by atoms with E-state index in [9.17, 15) is 9.18 Å². The summed E-state index contributed by atoms with van der Waals surface area (Å²) in [6.07, 6.45) is 2.60. The smallest absolute Gasteiger partial charge is 0.322 e. The molecule has 0 atom stereocenters. The number of carbonyl (C=O) groups is 1. The van der Waals surface area contributed by atoms with Gasteiger partial charge in [-0.05, 0) is 41.6 Å². The van der Waals surface area contributed by atoms with Gasteiger partial charge in [-0.2, -0.15) is 0 Å². The van der Waals surface area contributed by atoms with Crippen molar-refractivity contribution in [2.75, 3.05) is 11.6 Å². The minimum atomic E-state index is -0.298. The van der Waals surface area contributed by atoms with Crippen molar-refractivity contribution in [1.29, 1.82) is 0 Å². The van der Waals surface area contributed by atoms with Gasteiger partial charge in [-0.15, -0.1) is 16.9 Å². The highest BCUT2D eigenvalue weighted by molar-refractivity contribution is 7.98. The van der Waals surface area contributed by atoms with Crippen LogP contribution in [-0.2, 0) is 17.6 Å². The molecule has 25 heavy (non-hydrogen) atoms. The van der Waals surface area contributed by atoms with Crippen LogP contribution in [0.4, 0.5) is 10.4 Å². The second-order valence-corrected chi connectivity index (χ2v) is 6.26. The molecule has 128 valence electrons. The van der Waals surface area contributed by atoms with Crippen LogP contribution in [0, 0.1) is 5.82 Å². The quantitative estimate of drug-likeness (QED) is 0.681. The monoisotopic (exact) mass is 357 g/mol. The van der Waals surface area contributed by atoms with E-state index >= 15 is 0 Å². The number of nitrogens with zero attached hydrogens (tertiary/aromatic N) is 2. The number of hydrogen-bond donors (Lipinski definition) is 1. The van der Waals surface area contributed by atoms with E-state index in [1.54, 1.807) is 23.9 Å². The van der Waals surface area contributed by atoms with Gasteiger partial charge >= 0.3 is 6.01 Å². The van der Waals surface area contributed by atoms with Crippen molar-refractivity contribution < 1.29 is 13.6 Å². The summed E-state index contributed by atoms with van der Waals surface area (Å²) in [6, 6.07) is 13.9. The molecule has 0 saturated heterocycles. The van der Waals surface area contributed by atoms with Crippen LogP contribution in [-0.4, -0.2) is 22.4 Å². The Hall–Kier alpha value is -2.67. The second kappa shape index (κ2) is 7.94. The zero-order valence-corrected chi connectivity index (χ0v) is 14.3. The molecule has 7 heteroatoms. The molecule has 0 bridgehead atoms. The molecule has 1 N–H and O–H groups in total. The number of thioether (sulfide) groups is 1. The van der Waals surface area contributed by atoms with E-state index in [0.717, 1.165) is 16.0 Å². The number of aromatic nitrogens is 2. The first-order chi connectivity index (χ1) is 12.1. The van der Waals surface area contributed by atoms with E-state index in [0.29, 0.717) is 12.3 Å². The maximum atomic E-state index is 12.9. The molecule has 0 spiro atoms. The fourth-order valence-corrected chi connectivity index (χ4v) is 2.65. The van der Waals surface area contributed by atoms with Gasteiger partial charge in [0.15, 0.2) is 0 Å². The van der Waals surface area contributed by atoms with Crippen LogP contribution in [0.15, 0.2) is 57.8 Å². The normalized spacial score (nSPS) is 10.6. The highest BCUT2D eigenvalue weighted by Gasteiger charge is 2.11. The predicted octanol–water partition coefficient (Wildman–Crippen LogP) is 3.70. The number of benzene rings is 2. The Morgan fingerprint density at radius 1 is 1.08 bits per heavy atom. The maximum Gasteiger partial charge on any atom is 0.322 e. The van der Waals surface area contributed by atoms with Gasteiger partial charge in [0.1, 0.15) is 5.82 Å². The van der Waals surface area contributed by atoms with Gasteiger partial charge in [-0.3, -0.25) is 10.1 Å². The maximum absolute atomic E-state index is 12.9. The van der Waals surface area contributed by atoms with E-state index in [4.69, 9.17) is 4.42 Å². The van der Waals surface area contributed by atoms with Crippen LogP contribution in [0.5, 0.6) is 0 Å². The molecule has 3 rings (SSSR count). The van der Waals surface area contributed by atoms with Crippen molar-refractivity contribution in [3.05, 3.63) is 71.4 Å². The Labute approximate surface area is 148 Å². The van der Waals surface area contributed by atoms with Crippen LogP contribution < -0.4 is 5.32 Å². The highest BCUT2D eigenvalue weighted by atomic mass is 32.2. The second-order valence-electron chi connectivity index (χ2n) is 5.38. The van der Waals surface area contributed by atoms with Gasteiger partial charge in [0.2, 0.25) is 11.8 Å². The van der Waals surface area contributed by atoms with E-state index in [-0.39, 0.29) is 24.2 Å². The molecule has 0 aliphatic rings. The number of nitrogens with one attached hydrogen (secondary N) is 1. The van der Waals surface area contributed by atoms with Gasteiger partial charge in [-0.1, -0.05) is 29.4 Å². The first kappa shape index (κ1) is 17.2. The summed E-state index contributed by atoms with van der Waals surface area (Å²) in [6.45, 7) is 0. The summed E-state index contributed by atoms with van der Waals surface area (Å²) < 4.78 is 18.3. The molecule has 3 aromatic rings. The summed E-state index contributed by atoms with van der Waals surface area (Å²) in [4.78, 5) is 13.2. The Bertz CT molecular complexity index is 848. The minimum Gasteiger partial charge on any atom is -0.407 e. The van der Waals surface area contributed by atoms with Crippen LogP contribution in [0.3, 0.4) is 0 Å². The summed E-state index contributed by atoms with van der Waals surface area (Å²) in [5.41, 5.74) is 1.75. The van der Waals surface area contributed by atoms with Gasteiger partial charge in [0, 0.05) is 4.90 Å². The minimum absolute atomic E-state index is 0.0582. The molecular weight excluding hydrogens is 341 g/mol. The molecule has 0 fully saturated rings. The molecule has 1 amide bonds. The summed E-state index contributed by atoms with van der Waals surface area (Å²) >= 11 is 1.65. The average Bonchev–Trinajstić information content (AvgIpc) is 3.04. The lowest BCUT2D eigenvalue weighted by Gasteiger charge is -2.02. The third kappa shape index (κ3) is 4.90. The lowest BCUT2D eigenvalue weighted by Crippen LogP contribution is -2.14. The lowest BCUT2D eigenvalue weighted by atomic mass is 10.1. The van der Waals surface area contributed by atoms with E-state index in [1.165, 1.54) is 12.1 Å². The number of amides is 1. The fourth-order valence-electron chi connectivity index (χ4n) is 2.24. The lowest BCUT2D eigenvalue weighted by molar-refractivity contribution is -0.115. The topological polar surface area (TPSA) is 68.0 Å². The molecular formula is C18H16FN3O2S. The van der Waals surface area contributed by atoms with Gasteiger partial charge in [-0.25, -0.2) is 4.39 Å². The standard InChI is InChI=1S/C18H16FN3O2S/c1-25-15-8-4-12(5-9-15)10-16(23)20-18-22-21-17(24-18)11-13-2-6-14(19)7-3-13/h2-9H,10-11H2,1H3,(H,20,22,23). The molecule has 1 aromatic heterocycles. The highest BCUT2D eigenvalue weighted by Crippen LogP contribution is 2.16. The van der Waals surface area contributed by atoms with Crippen molar-refractivity contribution in [2.24, 2.45) is 0 Å². The van der Waals surface area contributed by atoms with Crippen LogP contribution >= 0.6 is 11.8 Å². The molecule has 0 saturated carbocycles. The molecule has 0 aliphatic heterocycles. The van der Waals surface area contributed by atoms with Crippen LogP contribution in [0.1, 0.15) is 17.0 Å². The zero-order valence-electron chi connectivity index (χ0n) is 13.5. The van der Waals surface area contributed by atoms with Crippen molar-refractivity contribution in [2.45, 2.75) is 17.7 Å².